The van der Waals surface area contributed by atoms with Crippen LogP contribution >= 0.6 is 15.9 Å². The van der Waals surface area contributed by atoms with Crippen molar-refractivity contribution in [2.75, 3.05) is 18.0 Å². The second-order valence-electron chi connectivity index (χ2n) is 6.60. The molecule has 1 aromatic rings. The molecule has 0 aliphatic carbocycles. The molecule has 4 heteroatoms. The Labute approximate surface area is 124 Å². The number of rotatable bonds is 2. The maximum Gasteiger partial charge on any atom is 0.131 e. The van der Waals surface area contributed by atoms with Gasteiger partial charge in [-0.25, -0.2) is 4.98 Å². The third-order valence-electron chi connectivity index (χ3n) is 3.26. The molecule has 0 unspecified atom stereocenters. The Balaban J connectivity index is 2.31. The van der Waals surface area contributed by atoms with E-state index in [-0.39, 0.29) is 11.2 Å². The summed E-state index contributed by atoms with van der Waals surface area (Å²) >= 11 is 3.47. The van der Waals surface area contributed by atoms with Crippen LogP contribution in [0.15, 0.2) is 12.3 Å². The molecule has 1 saturated heterocycles. The zero-order chi connectivity index (χ0) is 14.3. The minimum atomic E-state index is -0.149. The van der Waals surface area contributed by atoms with Crippen molar-refractivity contribution in [3.8, 4) is 0 Å². The third kappa shape index (κ3) is 3.48. The number of ether oxygens (including phenoxy) is 1. The van der Waals surface area contributed by atoms with Crippen molar-refractivity contribution < 1.29 is 4.74 Å². The van der Waals surface area contributed by atoms with E-state index in [1.165, 1.54) is 11.1 Å². The summed E-state index contributed by atoms with van der Waals surface area (Å²) in [7, 11) is 0. The summed E-state index contributed by atoms with van der Waals surface area (Å²) < 4.78 is 6.12. The predicted octanol–water partition coefficient (Wildman–Crippen LogP) is 3.68. The van der Waals surface area contributed by atoms with E-state index in [4.69, 9.17) is 4.74 Å². The number of anilines is 1. The van der Waals surface area contributed by atoms with Gasteiger partial charge in [-0.1, -0.05) is 22.0 Å². The van der Waals surface area contributed by atoms with Crippen LogP contribution in [0.3, 0.4) is 0 Å². The fourth-order valence-corrected chi connectivity index (χ4v) is 3.27. The van der Waals surface area contributed by atoms with E-state index >= 15 is 0 Å². The van der Waals surface area contributed by atoms with Gasteiger partial charge in [0.1, 0.15) is 5.82 Å². The van der Waals surface area contributed by atoms with Gasteiger partial charge >= 0.3 is 0 Å². The fourth-order valence-electron chi connectivity index (χ4n) is 2.97. The largest absolute Gasteiger partial charge is 0.366 e. The van der Waals surface area contributed by atoms with Crippen LogP contribution in [0.5, 0.6) is 0 Å². The van der Waals surface area contributed by atoms with Crippen molar-refractivity contribution in [2.24, 2.45) is 0 Å². The Morgan fingerprint density at radius 2 is 1.84 bits per heavy atom. The third-order valence-corrected chi connectivity index (χ3v) is 3.90. The molecule has 0 spiro atoms. The molecule has 1 fully saturated rings. The zero-order valence-electron chi connectivity index (χ0n) is 12.5. The summed E-state index contributed by atoms with van der Waals surface area (Å²) in [6.07, 6.45) is 1.95. The molecule has 19 heavy (non-hydrogen) atoms. The topological polar surface area (TPSA) is 25.4 Å². The van der Waals surface area contributed by atoms with Gasteiger partial charge in [-0.05, 0) is 45.7 Å². The number of aromatic nitrogens is 1. The van der Waals surface area contributed by atoms with Gasteiger partial charge in [-0.2, -0.15) is 0 Å². The lowest BCUT2D eigenvalue weighted by Gasteiger charge is -2.47. The second kappa shape index (κ2) is 5.06. The Morgan fingerprint density at radius 3 is 2.32 bits per heavy atom. The normalized spacial score (nSPS) is 21.5. The van der Waals surface area contributed by atoms with Crippen LogP contribution in [-0.2, 0) is 10.1 Å². The van der Waals surface area contributed by atoms with E-state index in [9.17, 15) is 0 Å². The summed E-state index contributed by atoms with van der Waals surface area (Å²) in [6.45, 7) is 12.4. The minimum absolute atomic E-state index is 0.149. The van der Waals surface area contributed by atoms with Crippen molar-refractivity contribution in [3.05, 3.63) is 23.4 Å². The van der Waals surface area contributed by atoms with Crippen LogP contribution < -0.4 is 4.90 Å². The number of pyridine rings is 1. The van der Waals surface area contributed by atoms with Gasteiger partial charge in [0.15, 0.2) is 0 Å². The molecule has 0 aromatic carbocycles. The zero-order valence-corrected chi connectivity index (χ0v) is 14.0. The first-order valence-corrected chi connectivity index (χ1v) is 7.81. The number of nitrogens with zero attached hydrogens (tertiary/aromatic N) is 2. The maximum absolute atomic E-state index is 6.12. The molecule has 0 atom stereocenters. The fraction of sp³-hybridized carbons (Fsp3) is 0.667. The first-order valence-electron chi connectivity index (χ1n) is 6.69. The number of morpholine rings is 1. The smallest absolute Gasteiger partial charge is 0.131 e. The molecule has 2 rings (SSSR count). The summed E-state index contributed by atoms with van der Waals surface area (Å²) in [4.78, 5) is 6.99. The lowest BCUT2D eigenvalue weighted by Crippen LogP contribution is -2.57. The van der Waals surface area contributed by atoms with Crippen molar-refractivity contribution in [1.82, 2.24) is 4.98 Å². The Bertz CT molecular complexity index is 455. The SMILES string of the molecule is Cc1cc(CBr)cnc1N1CC(C)(C)OC(C)(C)C1. The summed E-state index contributed by atoms with van der Waals surface area (Å²) in [5, 5.41) is 0.848. The van der Waals surface area contributed by atoms with Crippen LogP contribution in [0, 0.1) is 6.92 Å². The molecule has 1 aromatic heterocycles. The molecule has 0 bridgehead atoms. The molecule has 0 N–H and O–H groups in total. The summed E-state index contributed by atoms with van der Waals surface area (Å²) in [5.74, 6) is 1.08. The van der Waals surface area contributed by atoms with Crippen LogP contribution in [0.4, 0.5) is 5.82 Å². The highest BCUT2D eigenvalue weighted by atomic mass is 79.9. The first-order chi connectivity index (χ1) is 8.72. The maximum atomic E-state index is 6.12. The van der Waals surface area contributed by atoms with Crippen LogP contribution in [0.1, 0.15) is 38.8 Å². The molecule has 0 radical (unpaired) electrons. The highest BCUT2D eigenvalue weighted by Gasteiger charge is 2.38. The number of alkyl halides is 1. The first kappa shape index (κ1) is 14.8. The molecular formula is C15H23BrN2O. The number of hydrogen-bond donors (Lipinski definition) is 0. The average molecular weight is 327 g/mol. The molecule has 1 aliphatic heterocycles. The van der Waals surface area contributed by atoms with Crippen molar-refractivity contribution in [1.29, 1.82) is 0 Å². The van der Waals surface area contributed by atoms with Gasteiger partial charge < -0.3 is 9.64 Å². The van der Waals surface area contributed by atoms with Crippen LogP contribution in [-0.4, -0.2) is 29.3 Å². The molecular weight excluding hydrogens is 304 g/mol. The van der Waals surface area contributed by atoms with Gasteiger partial charge in [0, 0.05) is 24.6 Å². The monoisotopic (exact) mass is 326 g/mol. The van der Waals surface area contributed by atoms with Gasteiger partial charge in [0.05, 0.1) is 11.2 Å². The summed E-state index contributed by atoms with van der Waals surface area (Å²) in [5.41, 5.74) is 2.15. The molecule has 3 nitrogen and oxygen atoms in total. The van der Waals surface area contributed by atoms with Crippen molar-refractivity contribution >= 4 is 21.7 Å². The van der Waals surface area contributed by atoms with E-state index in [2.05, 4.69) is 66.5 Å². The Morgan fingerprint density at radius 1 is 1.26 bits per heavy atom. The standard InChI is InChI=1S/C15H23BrN2O/c1-11-6-12(7-16)8-17-13(11)18-9-14(2,3)19-15(4,5)10-18/h6,8H,7,9-10H2,1-5H3. The van der Waals surface area contributed by atoms with Crippen LogP contribution in [0.25, 0.3) is 0 Å². The van der Waals surface area contributed by atoms with Gasteiger partial charge in [0.2, 0.25) is 0 Å². The average Bonchev–Trinajstić information content (AvgIpc) is 2.24. The molecule has 1 aliphatic rings. The van der Waals surface area contributed by atoms with E-state index in [1.807, 2.05) is 6.20 Å². The quantitative estimate of drug-likeness (QED) is 0.775. The highest BCUT2D eigenvalue weighted by molar-refractivity contribution is 9.08. The number of aryl methyl sites for hydroxylation is 1. The highest BCUT2D eigenvalue weighted by Crippen LogP contribution is 2.32. The van der Waals surface area contributed by atoms with Crippen molar-refractivity contribution in [3.63, 3.8) is 0 Å². The molecule has 0 saturated carbocycles. The Hall–Kier alpha value is -0.610. The minimum Gasteiger partial charge on any atom is -0.366 e. The van der Waals surface area contributed by atoms with E-state index in [0.717, 1.165) is 24.2 Å². The number of hydrogen-bond acceptors (Lipinski definition) is 3. The molecule has 0 amide bonds. The number of halogens is 1. The lowest BCUT2D eigenvalue weighted by atomic mass is 9.98. The lowest BCUT2D eigenvalue weighted by molar-refractivity contribution is -0.133. The van der Waals surface area contributed by atoms with Gasteiger partial charge in [0.25, 0.3) is 0 Å². The van der Waals surface area contributed by atoms with E-state index in [0.29, 0.717) is 0 Å². The van der Waals surface area contributed by atoms with E-state index < -0.39 is 0 Å². The Kier molecular flexibility index (Phi) is 3.94. The van der Waals surface area contributed by atoms with E-state index in [1.54, 1.807) is 0 Å². The molecule has 106 valence electrons. The van der Waals surface area contributed by atoms with Crippen molar-refractivity contribution in [2.45, 2.75) is 51.2 Å². The van der Waals surface area contributed by atoms with Gasteiger partial charge in [-0.3, -0.25) is 0 Å². The predicted molar refractivity (Wildman–Crippen MR) is 83.1 cm³/mol. The van der Waals surface area contributed by atoms with Gasteiger partial charge in [-0.15, -0.1) is 0 Å². The summed E-state index contributed by atoms with van der Waals surface area (Å²) in [6, 6.07) is 2.20. The van der Waals surface area contributed by atoms with Crippen LogP contribution in [0.2, 0.25) is 0 Å². The molecule has 2 heterocycles. The second-order valence-corrected chi connectivity index (χ2v) is 7.16.